The van der Waals surface area contributed by atoms with E-state index in [1.54, 1.807) is 15.8 Å². The Hall–Kier alpha value is -3.88. The molecule has 144 valence electrons. The first-order chi connectivity index (χ1) is 14.3. The lowest BCUT2D eigenvalue weighted by atomic mass is 10.2. The lowest BCUT2D eigenvalue weighted by Gasteiger charge is -2.34. The first-order valence-corrected chi connectivity index (χ1v) is 9.39. The molecule has 0 aliphatic carbocycles. The lowest BCUT2D eigenvalue weighted by Crippen LogP contribution is -2.49. The van der Waals surface area contributed by atoms with E-state index in [1.165, 1.54) is 0 Å². The van der Waals surface area contributed by atoms with E-state index in [2.05, 4.69) is 30.4 Å². The molecule has 5 rings (SSSR count). The van der Waals surface area contributed by atoms with Crippen LogP contribution >= 0.6 is 0 Å². The number of hydrogen-bond acceptors (Lipinski definition) is 7. The summed E-state index contributed by atoms with van der Waals surface area (Å²) in [5, 5.41) is 12.1. The molecule has 1 saturated heterocycles. The summed E-state index contributed by atoms with van der Waals surface area (Å²) in [6, 6.07) is 17.3. The number of anilines is 1. The van der Waals surface area contributed by atoms with Gasteiger partial charge in [0.1, 0.15) is 5.69 Å². The minimum Gasteiger partial charge on any atom is -0.336 e. The molecular formula is C20H18N8O. The van der Waals surface area contributed by atoms with E-state index in [-0.39, 0.29) is 5.91 Å². The Labute approximate surface area is 166 Å². The number of hydrogen-bond donors (Lipinski definition) is 0. The summed E-state index contributed by atoms with van der Waals surface area (Å²) in [6.45, 7) is 2.41. The van der Waals surface area contributed by atoms with Gasteiger partial charge in [0, 0.05) is 26.2 Å². The largest absolute Gasteiger partial charge is 0.336 e. The summed E-state index contributed by atoms with van der Waals surface area (Å²) in [5.74, 6) is 0.569. The molecule has 3 heterocycles. The highest BCUT2D eigenvalue weighted by Crippen LogP contribution is 2.18. The van der Waals surface area contributed by atoms with E-state index in [9.17, 15) is 4.79 Å². The second-order valence-corrected chi connectivity index (χ2v) is 6.75. The smallest absolute Gasteiger partial charge is 0.274 e. The normalized spacial score (nSPS) is 14.3. The number of aromatic nitrogens is 6. The molecule has 0 N–H and O–H groups in total. The highest BCUT2D eigenvalue weighted by atomic mass is 16.2. The number of benzene rings is 2. The Morgan fingerprint density at radius 3 is 2.38 bits per heavy atom. The van der Waals surface area contributed by atoms with Crippen LogP contribution in [0.1, 0.15) is 10.5 Å². The maximum absolute atomic E-state index is 12.9. The average molecular weight is 386 g/mol. The summed E-state index contributed by atoms with van der Waals surface area (Å²) < 4.78 is 1.71. The van der Waals surface area contributed by atoms with Gasteiger partial charge >= 0.3 is 0 Å². The molecule has 4 aromatic rings. The second-order valence-electron chi connectivity index (χ2n) is 6.75. The number of carbonyl (C=O) groups excluding carboxylic acids is 1. The van der Waals surface area contributed by atoms with Crippen LogP contribution in [0.2, 0.25) is 0 Å². The molecule has 0 saturated carbocycles. The van der Waals surface area contributed by atoms with Crippen LogP contribution in [0.3, 0.4) is 0 Å². The van der Waals surface area contributed by atoms with Crippen molar-refractivity contribution in [3.63, 3.8) is 0 Å². The number of piperazine rings is 1. The van der Waals surface area contributed by atoms with Crippen molar-refractivity contribution in [1.29, 1.82) is 0 Å². The summed E-state index contributed by atoms with van der Waals surface area (Å²) in [6.07, 6.45) is 1.55. The van der Waals surface area contributed by atoms with Gasteiger partial charge in [-0.05, 0) is 34.7 Å². The molecule has 1 amide bonds. The third-order valence-corrected chi connectivity index (χ3v) is 4.97. The summed E-state index contributed by atoms with van der Waals surface area (Å²) >= 11 is 0. The molecule has 9 heteroatoms. The lowest BCUT2D eigenvalue weighted by molar-refractivity contribution is 0.0740. The number of carbonyl (C=O) groups is 1. The van der Waals surface area contributed by atoms with Gasteiger partial charge in [-0.3, -0.25) is 9.78 Å². The second kappa shape index (κ2) is 7.27. The molecule has 29 heavy (non-hydrogen) atoms. The molecule has 1 aliphatic heterocycles. The molecule has 0 unspecified atom stereocenters. The fourth-order valence-electron chi connectivity index (χ4n) is 3.45. The van der Waals surface area contributed by atoms with Crippen LogP contribution in [0.25, 0.3) is 16.7 Å². The quantitative estimate of drug-likeness (QED) is 0.528. The monoisotopic (exact) mass is 386 g/mol. The van der Waals surface area contributed by atoms with E-state index < -0.39 is 0 Å². The zero-order valence-electron chi connectivity index (χ0n) is 15.6. The summed E-state index contributed by atoms with van der Waals surface area (Å²) in [4.78, 5) is 25.6. The van der Waals surface area contributed by atoms with Crippen LogP contribution in [0, 0.1) is 0 Å². The zero-order valence-corrected chi connectivity index (χ0v) is 15.6. The molecule has 1 fully saturated rings. The van der Waals surface area contributed by atoms with E-state index in [0.29, 0.717) is 37.8 Å². The number of amides is 1. The first kappa shape index (κ1) is 17.2. The van der Waals surface area contributed by atoms with Gasteiger partial charge in [-0.1, -0.05) is 35.4 Å². The van der Waals surface area contributed by atoms with Gasteiger partial charge in [-0.15, -0.1) is 0 Å². The van der Waals surface area contributed by atoms with Gasteiger partial charge in [-0.2, -0.15) is 4.68 Å². The number of nitrogens with zero attached hydrogens (tertiary/aromatic N) is 8. The van der Waals surface area contributed by atoms with Crippen molar-refractivity contribution in [1.82, 2.24) is 35.1 Å². The van der Waals surface area contributed by atoms with Crippen molar-refractivity contribution >= 4 is 22.9 Å². The van der Waals surface area contributed by atoms with Gasteiger partial charge in [0.05, 0.1) is 22.9 Å². The number of para-hydroxylation sites is 3. The molecule has 0 spiro atoms. The maximum Gasteiger partial charge on any atom is 0.274 e. The highest BCUT2D eigenvalue weighted by Gasteiger charge is 2.26. The minimum absolute atomic E-state index is 0.106. The van der Waals surface area contributed by atoms with Crippen molar-refractivity contribution in [3.8, 4) is 5.69 Å². The van der Waals surface area contributed by atoms with E-state index in [0.717, 1.165) is 16.7 Å². The minimum atomic E-state index is -0.106. The standard InChI is InChI=1S/C20H18N8O/c29-19(18-14-21-16-8-4-5-9-17(16)22-18)26-10-12-27(13-11-26)20-23-24-25-28(20)15-6-2-1-3-7-15/h1-9,14H,10-13H2. The van der Waals surface area contributed by atoms with Crippen LogP contribution in [-0.4, -0.2) is 67.2 Å². The van der Waals surface area contributed by atoms with Crippen LogP contribution in [0.4, 0.5) is 5.95 Å². The zero-order chi connectivity index (χ0) is 19.6. The first-order valence-electron chi connectivity index (χ1n) is 9.39. The molecule has 2 aromatic carbocycles. The van der Waals surface area contributed by atoms with Crippen molar-refractivity contribution in [2.45, 2.75) is 0 Å². The van der Waals surface area contributed by atoms with Gasteiger partial charge < -0.3 is 9.80 Å². The molecule has 2 aromatic heterocycles. The average Bonchev–Trinajstić information content (AvgIpc) is 3.29. The number of tetrazole rings is 1. The van der Waals surface area contributed by atoms with Crippen molar-refractivity contribution in [3.05, 3.63) is 66.5 Å². The van der Waals surface area contributed by atoms with E-state index in [4.69, 9.17) is 0 Å². The third kappa shape index (κ3) is 3.27. The number of rotatable bonds is 3. The van der Waals surface area contributed by atoms with Gasteiger partial charge in [-0.25, -0.2) is 4.98 Å². The van der Waals surface area contributed by atoms with Crippen molar-refractivity contribution in [2.24, 2.45) is 0 Å². The molecular weight excluding hydrogens is 368 g/mol. The Morgan fingerprint density at radius 1 is 0.862 bits per heavy atom. The number of fused-ring (bicyclic) bond motifs is 1. The third-order valence-electron chi connectivity index (χ3n) is 4.97. The Morgan fingerprint density at radius 2 is 1.59 bits per heavy atom. The van der Waals surface area contributed by atoms with Crippen LogP contribution in [0.5, 0.6) is 0 Å². The SMILES string of the molecule is O=C(c1cnc2ccccc2n1)N1CCN(c2nnnn2-c2ccccc2)CC1. The van der Waals surface area contributed by atoms with E-state index in [1.807, 2.05) is 54.6 Å². The van der Waals surface area contributed by atoms with Gasteiger partial charge in [0.2, 0.25) is 5.95 Å². The summed E-state index contributed by atoms with van der Waals surface area (Å²) in [7, 11) is 0. The Balaban J connectivity index is 1.30. The predicted octanol–water partition coefficient (Wildman–Crippen LogP) is 1.57. The maximum atomic E-state index is 12.9. The van der Waals surface area contributed by atoms with Crippen LogP contribution < -0.4 is 4.90 Å². The van der Waals surface area contributed by atoms with Crippen LogP contribution in [0.15, 0.2) is 60.8 Å². The van der Waals surface area contributed by atoms with Crippen molar-refractivity contribution < 1.29 is 4.79 Å². The Bertz CT molecular complexity index is 1150. The fraction of sp³-hybridized carbons (Fsp3) is 0.200. The molecule has 1 aliphatic rings. The highest BCUT2D eigenvalue weighted by molar-refractivity contribution is 5.94. The molecule has 9 nitrogen and oxygen atoms in total. The predicted molar refractivity (Wildman–Crippen MR) is 107 cm³/mol. The topological polar surface area (TPSA) is 92.9 Å². The Kier molecular flexibility index (Phi) is 4.32. The van der Waals surface area contributed by atoms with Gasteiger partial charge in [0.25, 0.3) is 5.91 Å². The molecule has 0 atom stereocenters. The van der Waals surface area contributed by atoms with E-state index >= 15 is 0 Å². The van der Waals surface area contributed by atoms with Gasteiger partial charge in [0.15, 0.2) is 0 Å². The van der Waals surface area contributed by atoms with Crippen LogP contribution in [-0.2, 0) is 0 Å². The molecule has 0 bridgehead atoms. The van der Waals surface area contributed by atoms with Crippen molar-refractivity contribution in [2.75, 3.05) is 31.1 Å². The fourth-order valence-corrected chi connectivity index (χ4v) is 3.45. The molecule has 0 radical (unpaired) electrons. The summed E-state index contributed by atoms with van der Waals surface area (Å²) in [5.41, 5.74) is 2.77.